The summed E-state index contributed by atoms with van der Waals surface area (Å²) in [5.74, 6) is 0.180. The lowest BCUT2D eigenvalue weighted by atomic mass is 9.47. The maximum Gasteiger partial charge on any atom is 0.178 e. The van der Waals surface area contributed by atoms with Crippen LogP contribution in [0.5, 0.6) is 0 Å². The fourth-order valence-electron chi connectivity index (χ4n) is 6.12. The first kappa shape index (κ1) is 15.3. The summed E-state index contributed by atoms with van der Waals surface area (Å²) in [5, 5.41) is 10.9. The van der Waals surface area contributed by atoms with Gasteiger partial charge < -0.3 is 5.11 Å². The Labute approximate surface area is 135 Å². The number of aliphatic hydroxyl groups is 1. The maximum absolute atomic E-state index is 13.9. The molecule has 0 aromatic carbocycles. The number of ketones is 2. The van der Waals surface area contributed by atoms with Crippen LogP contribution in [0.15, 0.2) is 23.8 Å². The van der Waals surface area contributed by atoms with E-state index in [1.54, 1.807) is 12.2 Å². The number of hydrogen-bond acceptors (Lipinski definition) is 3. The molecule has 0 amide bonds. The molecule has 3 nitrogen and oxygen atoms in total. The Morgan fingerprint density at radius 1 is 1.30 bits per heavy atom. The number of Topliss-reactive ketones (excluding diaryl/α,β-unsaturated/α-hetero) is 1. The molecule has 23 heavy (non-hydrogen) atoms. The second kappa shape index (κ2) is 4.85. The standard InChI is InChI=1S/C19H23FO3/c1-18-7-6-12(21)8-11(18)2-3-13-14-4-5-16(23)19(14,10-20)9-15(22)17(13)18/h6-8,13-15,17,22H,2-5,9-10H2,1H3/t13-,14-,15-,17+,18-,19+/m0/s1. The molecule has 4 rings (SSSR count). The van der Waals surface area contributed by atoms with Crippen molar-refractivity contribution < 1.29 is 19.1 Å². The Hall–Kier alpha value is -1.29. The van der Waals surface area contributed by atoms with Gasteiger partial charge in [-0.15, -0.1) is 0 Å². The molecule has 3 saturated carbocycles. The summed E-state index contributed by atoms with van der Waals surface area (Å²) in [6, 6.07) is 0. The quantitative estimate of drug-likeness (QED) is 0.809. The second-order valence-corrected chi connectivity index (χ2v) is 8.05. The Kier molecular flexibility index (Phi) is 3.22. The van der Waals surface area contributed by atoms with Crippen molar-refractivity contribution in [2.75, 3.05) is 6.67 Å². The number of carbonyl (C=O) groups is 2. The van der Waals surface area contributed by atoms with Crippen LogP contribution < -0.4 is 0 Å². The number of carbonyl (C=O) groups excluding carboxylic acids is 2. The second-order valence-electron chi connectivity index (χ2n) is 8.05. The maximum atomic E-state index is 13.9. The van der Waals surface area contributed by atoms with Crippen molar-refractivity contribution in [1.29, 1.82) is 0 Å². The molecule has 3 fully saturated rings. The van der Waals surface area contributed by atoms with Crippen molar-refractivity contribution in [2.45, 2.75) is 45.1 Å². The predicted molar refractivity (Wildman–Crippen MR) is 83.3 cm³/mol. The van der Waals surface area contributed by atoms with Gasteiger partial charge >= 0.3 is 0 Å². The number of hydrogen-bond donors (Lipinski definition) is 1. The van der Waals surface area contributed by atoms with Crippen LogP contribution in [0.4, 0.5) is 4.39 Å². The number of aliphatic hydroxyl groups excluding tert-OH is 1. The highest BCUT2D eigenvalue weighted by Crippen LogP contribution is 2.63. The minimum atomic E-state index is -0.952. The molecule has 0 aromatic heterocycles. The Bertz CT molecular complexity index is 637. The number of halogens is 1. The molecular weight excluding hydrogens is 295 g/mol. The van der Waals surface area contributed by atoms with Crippen molar-refractivity contribution in [1.82, 2.24) is 0 Å². The summed E-state index contributed by atoms with van der Waals surface area (Å²) >= 11 is 0. The molecule has 0 heterocycles. The SMILES string of the molecule is C[C@]12C=CC(=O)C=C1CC[C@@H]1[C@@H]2[C@@H](O)C[C@]2(CF)C(=O)CC[C@@H]12. The molecule has 0 saturated heterocycles. The van der Waals surface area contributed by atoms with E-state index in [2.05, 4.69) is 6.92 Å². The highest BCUT2D eigenvalue weighted by molar-refractivity contribution is 6.01. The van der Waals surface area contributed by atoms with Crippen LogP contribution in [-0.2, 0) is 9.59 Å². The van der Waals surface area contributed by atoms with Crippen LogP contribution in [0.1, 0.15) is 39.0 Å². The van der Waals surface area contributed by atoms with Gasteiger partial charge in [0.05, 0.1) is 11.5 Å². The zero-order valence-corrected chi connectivity index (χ0v) is 13.4. The molecule has 0 radical (unpaired) electrons. The van der Waals surface area contributed by atoms with E-state index >= 15 is 0 Å². The highest BCUT2D eigenvalue weighted by Gasteiger charge is 2.63. The Morgan fingerprint density at radius 2 is 2.09 bits per heavy atom. The molecule has 4 aliphatic rings. The molecule has 124 valence electrons. The van der Waals surface area contributed by atoms with Crippen LogP contribution in [0.25, 0.3) is 0 Å². The zero-order chi connectivity index (χ0) is 16.4. The van der Waals surface area contributed by atoms with Crippen LogP contribution in [0.3, 0.4) is 0 Å². The summed E-state index contributed by atoms with van der Waals surface area (Å²) in [5.41, 5.74) is -0.209. The predicted octanol–water partition coefficient (Wildman–Crippen LogP) is 2.78. The van der Waals surface area contributed by atoms with E-state index in [-0.39, 0.29) is 41.2 Å². The third kappa shape index (κ3) is 1.84. The first-order valence-electron chi connectivity index (χ1n) is 8.64. The molecule has 1 N–H and O–H groups in total. The average molecular weight is 318 g/mol. The van der Waals surface area contributed by atoms with Crippen molar-refractivity contribution >= 4 is 11.6 Å². The molecular formula is C19H23FO3. The van der Waals surface area contributed by atoms with E-state index in [0.29, 0.717) is 6.42 Å². The van der Waals surface area contributed by atoms with Gasteiger partial charge in [-0.1, -0.05) is 18.6 Å². The molecule has 4 aliphatic carbocycles. The minimum Gasteiger partial charge on any atom is -0.393 e. The summed E-state index contributed by atoms with van der Waals surface area (Å²) in [4.78, 5) is 24.1. The van der Waals surface area contributed by atoms with Crippen molar-refractivity contribution in [2.24, 2.45) is 28.6 Å². The van der Waals surface area contributed by atoms with Gasteiger partial charge in [0.25, 0.3) is 0 Å². The van der Waals surface area contributed by atoms with E-state index in [0.717, 1.165) is 24.8 Å². The molecule has 0 spiro atoms. The van der Waals surface area contributed by atoms with Gasteiger partial charge in [0.1, 0.15) is 12.5 Å². The number of allylic oxidation sites excluding steroid dienone is 4. The summed E-state index contributed by atoms with van der Waals surface area (Å²) in [7, 11) is 0. The zero-order valence-electron chi connectivity index (χ0n) is 13.4. The molecule has 6 atom stereocenters. The van der Waals surface area contributed by atoms with Crippen LogP contribution in [-0.4, -0.2) is 29.5 Å². The Balaban J connectivity index is 1.77. The topological polar surface area (TPSA) is 54.4 Å². The van der Waals surface area contributed by atoms with E-state index in [4.69, 9.17) is 0 Å². The molecule has 4 heteroatoms. The van der Waals surface area contributed by atoms with Crippen molar-refractivity contribution in [3.63, 3.8) is 0 Å². The number of fused-ring (bicyclic) bond motifs is 5. The molecule has 0 bridgehead atoms. The van der Waals surface area contributed by atoms with Crippen molar-refractivity contribution in [3.05, 3.63) is 23.8 Å². The third-order valence-electron chi connectivity index (χ3n) is 7.19. The number of rotatable bonds is 1. The van der Waals surface area contributed by atoms with E-state index < -0.39 is 18.2 Å². The Morgan fingerprint density at radius 3 is 2.83 bits per heavy atom. The third-order valence-corrected chi connectivity index (χ3v) is 7.19. The van der Waals surface area contributed by atoms with E-state index in [9.17, 15) is 19.1 Å². The van der Waals surface area contributed by atoms with Gasteiger partial charge in [0.15, 0.2) is 5.78 Å². The van der Waals surface area contributed by atoms with Gasteiger partial charge in [-0.3, -0.25) is 9.59 Å². The van der Waals surface area contributed by atoms with Gasteiger partial charge in [0.2, 0.25) is 0 Å². The van der Waals surface area contributed by atoms with Gasteiger partial charge in [-0.25, -0.2) is 4.39 Å². The van der Waals surface area contributed by atoms with Crippen LogP contribution >= 0.6 is 0 Å². The monoisotopic (exact) mass is 318 g/mol. The number of alkyl halides is 1. The fourth-order valence-corrected chi connectivity index (χ4v) is 6.12. The summed E-state index contributed by atoms with van der Waals surface area (Å²) < 4.78 is 13.9. The van der Waals surface area contributed by atoms with Gasteiger partial charge in [0, 0.05) is 17.8 Å². The normalized spacial score (nSPS) is 48.6. The smallest absolute Gasteiger partial charge is 0.178 e. The minimum absolute atomic E-state index is 0.00311. The first-order chi connectivity index (χ1) is 10.9. The lowest BCUT2D eigenvalue weighted by molar-refractivity contribution is -0.148. The lowest BCUT2D eigenvalue weighted by Crippen LogP contribution is -2.57. The summed E-state index contributed by atoms with van der Waals surface area (Å²) in [6.45, 7) is 1.44. The summed E-state index contributed by atoms with van der Waals surface area (Å²) in [6.07, 6.45) is 7.60. The molecule has 0 aliphatic heterocycles. The molecule has 0 aromatic rings. The van der Waals surface area contributed by atoms with Gasteiger partial charge in [-0.2, -0.15) is 0 Å². The van der Waals surface area contributed by atoms with Crippen LogP contribution in [0.2, 0.25) is 0 Å². The lowest BCUT2D eigenvalue weighted by Gasteiger charge is -2.57. The largest absolute Gasteiger partial charge is 0.393 e. The average Bonchev–Trinajstić information content (AvgIpc) is 2.85. The fraction of sp³-hybridized carbons (Fsp3) is 0.684. The first-order valence-corrected chi connectivity index (χ1v) is 8.64. The van der Waals surface area contributed by atoms with E-state index in [1.807, 2.05) is 6.08 Å². The van der Waals surface area contributed by atoms with Gasteiger partial charge in [-0.05, 0) is 49.7 Å². The van der Waals surface area contributed by atoms with E-state index in [1.165, 1.54) is 0 Å². The van der Waals surface area contributed by atoms with Crippen LogP contribution in [0, 0.1) is 28.6 Å². The molecule has 0 unspecified atom stereocenters. The van der Waals surface area contributed by atoms with Crippen molar-refractivity contribution in [3.8, 4) is 0 Å². The highest BCUT2D eigenvalue weighted by atomic mass is 19.1.